The molecule has 10 heteroatoms. The van der Waals surface area contributed by atoms with Gasteiger partial charge in [-0.3, -0.25) is 14.3 Å². The Morgan fingerprint density at radius 1 is 1.09 bits per heavy atom. The fourth-order valence-corrected chi connectivity index (χ4v) is 6.19. The topological polar surface area (TPSA) is 71.3 Å². The molecule has 1 aliphatic heterocycles. The van der Waals surface area contributed by atoms with Crippen LogP contribution >= 0.6 is 0 Å². The highest BCUT2D eigenvalue weighted by molar-refractivity contribution is 5.96. The third-order valence-corrected chi connectivity index (χ3v) is 8.10. The number of aromatic nitrogens is 3. The highest BCUT2D eigenvalue weighted by Gasteiger charge is 2.35. The molecule has 1 fully saturated rings. The highest BCUT2D eigenvalue weighted by atomic mass is 19.1. The van der Waals surface area contributed by atoms with Gasteiger partial charge in [-0.25, -0.2) is 18.0 Å². The van der Waals surface area contributed by atoms with Crippen LogP contribution < -0.4 is 10.6 Å². The number of piperazine rings is 1. The van der Waals surface area contributed by atoms with Crippen molar-refractivity contribution in [3.63, 3.8) is 0 Å². The lowest BCUT2D eigenvalue weighted by Gasteiger charge is -2.45. The van der Waals surface area contributed by atoms with Gasteiger partial charge in [-0.05, 0) is 62.1 Å². The first-order valence-corrected chi connectivity index (χ1v) is 14.4. The van der Waals surface area contributed by atoms with Gasteiger partial charge in [0.25, 0.3) is 5.91 Å². The molecule has 2 atom stereocenters. The first-order chi connectivity index (χ1) is 20.8. The Bertz CT molecular complexity index is 1870. The predicted molar refractivity (Wildman–Crippen MR) is 168 cm³/mol. The van der Waals surface area contributed by atoms with Gasteiger partial charge in [-0.1, -0.05) is 45.2 Å². The number of hydrogen-bond acceptors (Lipinski definition) is 5. The molecule has 2 aromatic carbocycles. The summed E-state index contributed by atoms with van der Waals surface area (Å²) in [6.07, 6.45) is 3.12. The molecule has 3 heterocycles. The van der Waals surface area contributed by atoms with E-state index in [2.05, 4.69) is 23.1 Å². The summed E-state index contributed by atoms with van der Waals surface area (Å²) in [6, 6.07) is 8.09. The van der Waals surface area contributed by atoms with Gasteiger partial charge >= 0.3 is 5.69 Å². The van der Waals surface area contributed by atoms with Crippen molar-refractivity contribution < 1.29 is 18.0 Å². The minimum absolute atomic E-state index is 0.0200. The summed E-state index contributed by atoms with van der Waals surface area (Å²) in [5.74, 6) is -3.07. The standard InChI is InChI=1S/C34H34F3N5O2/c1-8-23-10-9-11-26(36)29(23)24-15-28-25(14-27(24)37)32(41-20(5)16-40(17-21(41)6)33(43)22(7)35)39-34(44)42(28)31-19(4)12-13-38-30(31)18(2)3/h8-15,18,20-21H,1,7,16-17H2,2-6H3/t20-,21-/m0/s1. The summed E-state index contributed by atoms with van der Waals surface area (Å²) in [5.41, 5.74) is 1.97. The summed E-state index contributed by atoms with van der Waals surface area (Å²) in [5, 5.41) is 0.314. The van der Waals surface area contributed by atoms with Crippen molar-refractivity contribution in [1.82, 2.24) is 19.4 Å². The van der Waals surface area contributed by atoms with E-state index in [-0.39, 0.29) is 36.0 Å². The van der Waals surface area contributed by atoms with Crippen LogP contribution in [0.1, 0.15) is 50.4 Å². The predicted octanol–water partition coefficient (Wildman–Crippen LogP) is 6.71. The molecule has 1 saturated heterocycles. The van der Waals surface area contributed by atoms with Crippen LogP contribution in [-0.2, 0) is 4.79 Å². The fraction of sp³-hybridized carbons (Fsp3) is 0.294. The number of aryl methyl sites for hydroxylation is 1. The first kappa shape index (κ1) is 30.7. The highest BCUT2D eigenvalue weighted by Crippen LogP contribution is 2.38. The number of anilines is 1. The van der Waals surface area contributed by atoms with Crippen LogP contribution in [0.15, 0.2) is 66.4 Å². The molecule has 0 N–H and O–H groups in total. The number of nitrogens with zero attached hydrogens (tertiary/aromatic N) is 5. The average molecular weight is 602 g/mol. The SMILES string of the molecule is C=Cc1cccc(F)c1-c1cc2c(cc1F)c(N1[C@@H](C)CN(C(=O)C(=C)F)C[C@@H]1C)nc(=O)n2-c1c(C)ccnc1C(C)C. The van der Waals surface area contributed by atoms with E-state index in [0.29, 0.717) is 27.8 Å². The number of carbonyl (C=O) groups is 1. The maximum atomic E-state index is 16.2. The number of fused-ring (bicyclic) bond motifs is 1. The molecule has 7 nitrogen and oxygen atoms in total. The Morgan fingerprint density at radius 3 is 2.39 bits per heavy atom. The van der Waals surface area contributed by atoms with Crippen molar-refractivity contribution in [2.75, 3.05) is 18.0 Å². The van der Waals surface area contributed by atoms with Gasteiger partial charge in [0.05, 0.1) is 16.9 Å². The molecule has 5 rings (SSSR count). The maximum Gasteiger partial charge on any atom is 0.354 e. The lowest BCUT2D eigenvalue weighted by atomic mass is 9.96. The Hall–Kier alpha value is -4.73. The second kappa shape index (κ2) is 11.7. The van der Waals surface area contributed by atoms with E-state index in [4.69, 9.17) is 0 Å². The summed E-state index contributed by atoms with van der Waals surface area (Å²) in [4.78, 5) is 38.8. The fourth-order valence-electron chi connectivity index (χ4n) is 6.19. The maximum absolute atomic E-state index is 16.2. The van der Waals surface area contributed by atoms with Crippen LogP contribution in [0.25, 0.3) is 33.8 Å². The zero-order valence-corrected chi connectivity index (χ0v) is 25.4. The molecule has 0 saturated carbocycles. The van der Waals surface area contributed by atoms with E-state index in [9.17, 15) is 14.0 Å². The number of rotatable bonds is 6. The van der Waals surface area contributed by atoms with Crippen molar-refractivity contribution in [3.8, 4) is 16.8 Å². The third-order valence-electron chi connectivity index (χ3n) is 8.10. The number of hydrogen-bond donors (Lipinski definition) is 0. The van der Waals surface area contributed by atoms with Crippen molar-refractivity contribution in [2.24, 2.45) is 0 Å². The van der Waals surface area contributed by atoms with Gasteiger partial charge in [0.15, 0.2) is 5.83 Å². The van der Waals surface area contributed by atoms with Gasteiger partial charge in [-0.15, -0.1) is 0 Å². The molecule has 1 aliphatic rings. The lowest BCUT2D eigenvalue weighted by Crippen LogP contribution is -2.59. The molecular weight excluding hydrogens is 567 g/mol. The van der Waals surface area contributed by atoms with E-state index >= 15 is 8.78 Å². The van der Waals surface area contributed by atoms with Crippen LogP contribution in [0.4, 0.5) is 19.0 Å². The van der Waals surface area contributed by atoms with Gasteiger partial charge in [0.2, 0.25) is 0 Å². The number of carbonyl (C=O) groups excluding carboxylic acids is 1. The van der Waals surface area contributed by atoms with Gasteiger partial charge in [0, 0.05) is 47.9 Å². The summed E-state index contributed by atoms with van der Waals surface area (Å²) in [7, 11) is 0. The normalized spacial score (nSPS) is 16.9. The van der Waals surface area contributed by atoms with E-state index in [0.717, 1.165) is 5.56 Å². The Morgan fingerprint density at radius 2 is 1.77 bits per heavy atom. The molecule has 0 spiro atoms. The Kier molecular flexibility index (Phi) is 8.20. The zero-order chi connectivity index (χ0) is 32.0. The van der Waals surface area contributed by atoms with Crippen LogP contribution in [0, 0.1) is 18.6 Å². The monoisotopic (exact) mass is 601 g/mol. The second-order valence-corrected chi connectivity index (χ2v) is 11.5. The summed E-state index contributed by atoms with van der Waals surface area (Å²) < 4.78 is 46.6. The van der Waals surface area contributed by atoms with Gasteiger partial charge in [-0.2, -0.15) is 4.98 Å². The zero-order valence-electron chi connectivity index (χ0n) is 25.4. The molecule has 1 amide bonds. The van der Waals surface area contributed by atoms with E-state index < -0.39 is 41.1 Å². The minimum atomic E-state index is -1.06. The van der Waals surface area contributed by atoms with E-state index in [1.807, 2.05) is 39.5 Å². The molecular formula is C34H34F3N5O2. The van der Waals surface area contributed by atoms with Crippen molar-refractivity contribution in [3.05, 3.63) is 101 Å². The molecule has 0 aliphatic carbocycles. The minimum Gasteiger partial charge on any atom is -0.347 e. The Balaban J connectivity index is 1.85. The lowest BCUT2D eigenvalue weighted by molar-refractivity contribution is -0.129. The molecule has 4 aromatic rings. The molecule has 0 bridgehead atoms. The van der Waals surface area contributed by atoms with Gasteiger partial charge in [0.1, 0.15) is 17.5 Å². The van der Waals surface area contributed by atoms with E-state index in [1.165, 1.54) is 39.8 Å². The summed E-state index contributed by atoms with van der Waals surface area (Å²) >= 11 is 0. The largest absolute Gasteiger partial charge is 0.354 e. The molecule has 44 heavy (non-hydrogen) atoms. The van der Waals surface area contributed by atoms with Gasteiger partial charge < -0.3 is 9.80 Å². The van der Waals surface area contributed by atoms with Crippen molar-refractivity contribution >= 4 is 28.7 Å². The Labute approximate surface area is 254 Å². The molecule has 2 aromatic heterocycles. The summed E-state index contributed by atoms with van der Waals surface area (Å²) in [6.45, 7) is 16.6. The molecule has 0 unspecified atom stereocenters. The van der Waals surface area contributed by atoms with Crippen molar-refractivity contribution in [1.29, 1.82) is 0 Å². The number of benzene rings is 2. The number of pyridine rings is 1. The average Bonchev–Trinajstić information content (AvgIpc) is 2.96. The smallest absolute Gasteiger partial charge is 0.347 e. The van der Waals surface area contributed by atoms with Crippen LogP contribution in [-0.4, -0.2) is 50.5 Å². The molecule has 228 valence electrons. The number of halogens is 3. The van der Waals surface area contributed by atoms with Crippen LogP contribution in [0.2, 0.25) is 0 Å². The quantitative estimate of drug-likeness (QED) is 0.230. The van der Waals surface area contributed by atoms with Crippen molar-refractivity contribution in [2.45, 2.75) is 52.6 Å². The van der Waals surface area contributed by atoms with E-state index in [1.54, 1.807) is 18.3 Å². The third kappa shape index (κ3) is 5.18. The molecule has 0 radical (unpaired) electrons. The first-order valence-electron chi connectivity index (χ1n) is 14.4. The second-order valence-electron chi connectivity index (χ2n) is 11.5. The van der Waals surface area contributed by atoms with Crippen LogP contribution in [0.3, 0.4) is 0 Å². The van der Waals surface area contributed by atoms with Crippen LogP contribution in [0.5, 0.6) is 0 Å². The number of amides is 1.